The van der Waals surface area contributed by atoms with Crippen molar-refractivity contribution in [2.45, 2.75) is 25.3 Å². The van der Waals surface area contributed by atoms with Crippen molar-refractivity contribution < 1.29 is 13.2 Å². The molecular weight excluding hydrogens is 538 g/mol. The van der Waals surface area contributed by atoms with E-state index in [1.165, 1.54) is 15.2 Å². The number of amides is 1. The summed E-state index contributed by atoms with van der Waals surface area (Å²) < 4.78 is 33.2. The van der Waals surface area contributed by atoms with Crippen LogP contribution in [0.15, 0.2) is 40.1 Å². The van der Waals surface area contributed by atoms with Crippen LogP contribution in [0.4, 0.5) is 0 Å². The highest BCUT2D eigenvalue weighted by atomic mass is 79.9. The van der Waals surface area contributed by atoms with Gasteiger partial charge in [0.05, 0.1) is 22.1 Å². The van der Waals surface area contributed by atoms with Crippen molar-refractivity contribution in [2.24, 2.45) is 7.05 Å². The molecule has 184 valence electrons. The summed E-state index contributed by atoms with van der Waals surface area (Å²) in [6.45, 7) is 5.35. The van der Waals surface area contributed by atoms with Gasteiger partial charge < -0.3 is 4.90 Å². The normalized spacial score (nSPS) is 15.3. The maximum Gasteiger partial charge on any atom is 0.274 e. The third kappa shape index (κ3) is 4.04. The molecule has 0 radical (unpaired) electrons. The molecule has 14 heteroatoms. The minimum atomic E-state index is -3.68. The average Bonchev–Trinajstić information content (AvgIpc) is 3.55. The number of fused-ring (bicyclic) bond motifs is 1. The van der Waals surface area contributed by atoms with Gasteiger partial charge in [-0.15, -0.1) is 0 Å². The smallest absolute Gasteiger partial charge is 0.274 e. The maximum atomic E-state index is 13.2. The Bertz CT molecular complexity index is 1530. The van der Waals surface area contributed by atoms with Crippen LogP contribution in [0.2, 0.25) is 0 Å². The van der Waals surface area contributed by atoms with E-state index in [9.17, 15) is 13.2 Å². The predicted molar refractivity (Wildman–Crippen MR) is 130 cm³/mol. The quantitative estimate of drug-likeness (QED) is 0.362. The number of aromatic nitrogens is 7. The van der Waals surface area contributed by atoms with Gasteiger partial charge in [-0.3, -0.25) is 14.2 Å². The minimum Gasteiger partial charge on any atom is -0.335 e. The second-order valence-corrected chi connectivity index (χ2v) is 11.0. The fourth-order valence-electron chi connectivity index (χ4n) is 4.08. The summed E-state index contributed by atoms with van der Waals surface area (Å²) in [6, 6.07) is 3.43. The Labute approximate surface area is 210 Å². The van der Waals surface area contributed by atoms with Crippen molar-refractivity contribution in [2.75, 3.05) is 26.2 Å². The predicted octanol–water partition coefficient (Wildman–Crippen LogP) is 1.56. The molecule has 0 aliphatic carbocycles. The van der Waals surface area contributed by atoms with Crippen molar-refractivity contribution in [3.8, 4) is 11.4 Å². The largest absolute Gasteiger partial charge is 0.335 e. The number of halogens is 1. The molecule has 0 aromatic carbocycles. The van der Waals surface area contributed by atoms with Crippen LogP contribution in [0.3, 0.4) is 0 Å². The molecule has 0 unspecified atom stereocenters. The van der Waals surface area contributed by atoms with Gasteiger partial charge in [0.1, 0.15) is 10.6 Å². The molecule has 4 aromatic rings. The van der Waals surface area contributed by atoms with Crippen LogP contribution in [0.5, 0.6) is 0 Å². The minimum absolute atomic E-state index is 0.190. The first-order chi connectivity index (χ1) is 16.7. The summed E-state index contributed by atoms with van der Waals surface area (Å²) in [7, 11) is -1.98. The first-order valence-electron chi connectivity index (χ1n) is 11.1. The number of hydrogen-bond donors (Lipinski definition) is 0. The van der Waals surface area contributed by atoms with Crippen LogP contribution in [-0.4, -0.2) is 83.9 Å². The Morgan fingerprint density at radius 1 is 1.17 bits per heavy atom. The van der Waals surface area contributed by atoms with Crippen LogP contribution in [-0.2, 0) is 23.6 Å². The first-order valence-corrected chi connectivity index (χ1v) is 13.3. The van der Waals surface area contributed by atoms with E-state index in [4.69, 9.17) is 0 Å². The zero-order valence-electron chi connectivity index (χ0n) is 19.5. The Morgan fingerprint density at radius 3 is 2.54 bits per heavy atom. The van der Waals surface area contributed by atoms with Gasteiger partial charge in [-0.1, -0.05) is 0 Å². The number of aryl methyl sites for hydroxylation is 2. The monoisotopic (exact) mass is 561 g/mol. The molecule has 0 bridgehead atoms. The van der Waals surface area contributed by atoms with Gasteiger partial charge in [-0.2, -0.15) is 19.6 Å². The van der Waals surface area contributed by atoms with Crippen LogP contribution in [0.25, 0.3) is 17.0 Å². The average molecular weight is 562 g/mol. The molecule has 12 nitrogen and oxygen atoms in total. The lowest BCUT2D eigenvalue weighted by molar-refractivity contribution is 0.0691. The Morgan fingerprint density at radius 2 is 1.91 bits per heavy atom. The molecule has 5 heterocycles. The van der Waals surface area contributed by atoms with Gasteiger partial charge in [0, 0.05) is 58.2 Å². The lowest BCUT2D eigenvalue weighted by Crippen LogP contribution is -2.50. The molecule has 1 aliphatic rings. The number of hydrogen-bond acceptors (Lipinski definition) is 7. The lowest BCUT2D eigenvalue weighted by Gasteiger charge is -2.33. The van der Waals surface area contributed by atoms with E-state index in [0.717, 1.165) is 11.0 Å². The van der Waals surface area contributed by atoms with Gasteiger partial charge in [0.2, 0.25) is 10.0 Å². The van der Waals surface area contributed by atoms with Gasteiger partial charge >= 0.3 is 0 Å². The number of sulfonamides is 1. The fraction of sp³-hybridized carbons (Fsp3) is 0.381. The highest BCUT2D eigenvalue weighted by Crippen LogP contribution is 2.27. The van der Waals surface area contributed by atoms with Crippen molar-refractivity contribution in [1.29, 1.82) is 0 Å². The van der Waals surface area contributed by atoms with Gasteiger partial charge in [0.15, 0.2) is 11.3 Å². The van der Waals surface area contributed by atoms with E-state index in [1.54, 1.807) is 41.7 Å². The zero-order valence-corrected chi connectivity index (χ0v) is 21.9. The molecular formula is C21H24BrN9O3S. The van der Waals surface area contributed by atoms with Gasteiger partial charge in [0.25, 0.3) is 5.91 Å². The van der Waals surface area contributed by atoms with Crippen molar-refractivity contribution in [3.63, 3.8) is 0 Å². The Kier molecular flexibility index (Phi) is 5.97. The molecule has 35 heavy (non-hydrogen) atoms. The van der Waals surface area contributed by atoms with E-state index in [1.807, 2.05) is 17.8 Å². The van der Waals surface area contributed by atoms with Crippen molar-refractivity contribution >= 4 is 37.5 Å². The van der Waals surface area contributed by atoms with E-state index in [-0.39, 0.29) is 42.7 Å². The summed E-state index contributed by atoms with van der Waals surface area (Å²) in [4.78, 5) is 19.4. The summed E-state index contributed by atoms with van der Waals surface area (Å²) >= 11 is 3.54. The van der Waals surface area contributed by atoms with Gasteiger partial charge in [-0.25, -0.2) is 17.9 Å². The second kappa shape index (κ2) is 8.84. The van der Waals surface area contributed by atoms with Crippen molar-refractivity contribution in [1.82, 2.24) is 43.4 Å². The third-order valence-corrected chi connectivity index (χ3v) is 8.78. The highest BCUT2D eigenvalue weighted by molar-refractivity contribution is 9.10. The summed E-state index contributed by atoms with van der Waals surface area (Å²) in [5.74, 6) is -0.269. The molecule has 1 fully saturated rings. The summed E-state index contributed by atoms with van der Waals surface area (Å²) in [5.41, 5.74) is 2.75. The van der Waals surface area contributed by atoms with Crippen LogP contribution >= 0.6 is 15.9 Å². The van der Waals surface area contributed by atoms with E-state index in [0.29, 0.717) is 22.7 Å². The van der Waals surface area contributed by atoms with Crippen LogP contribution in [0.1, 0.15) is 23.1 Å². The molecule has 4 aromatic heterocycles. The standard InChI is InChI=1S/C21H24BrN9O3S/c1-4-29-13-15(22)20(26-29)17-5-6-23-19-11-16(25-31(17)19)21(32)28-7-9-30(10-8-28)35(33,34)18-12-24-27(3)14(18)2/h5-6,11-13H,4,7-10H2,1-3H3. The number of carbonyl (C=O) groups excluding carboxylic acids is 1. The number of rotatable bonds is 5. The summed E-state index contributed by atoms with van der Waals surface area (Å²) in [6.07, 6.45) is 4.91. The van der Waals surface area contributed by atoms with E-state index in [2.05, 4.69) is 36.2 Å². The van der Waals surface area contributed by atoms with Crippen LogP contribution in [0, 0.1) is 6.92 Å². The molecule has 1 amide bonds. The van der Waals surface area contributed by atoms with Crippen molar-refractivity contribution in [3.05, 3.63) is 46.6 Å². The maximum absolute atomic E-state index is 13.2. The Hall–Kier alpha value is -3.10. The second-order valence-electron chi connectivity index (χ2n) is 8.23. The fourth-order valence-corrected chi connectivity index (χ4v) is 6.20. The Balaban J connectivity index is 1.36. The number of piperazine rings is 1. The number of carbonyl (C=O) groups is 1. The van der Waals surface area contributed by atoms with E-state index >= 15 is 0 Å². The molecule has 0 atom stereocenters. The van der Waals surface area contributed by atoms with E-state index < -0.39 is 10.0 Å². The molecule has 0 spiro atoms. The molecule has 1 aliphatic heterocycles. The topological polar surface area (TPSA) is 124 Å². The number of nitrogens with zero attached hydrogens (tertiary/aromatic N) is 9. The van der Waals surface area contributed by atoms with Gasteiger partial charge in [-0.05, 0) is 35.8 Å². The SMILES string of the molecule is CCn1cc(Br)c(-c2ccnc3cc(C(=O)N4CCN(S(=O)(=O)c5cnn(C)c5C)CC4)nn23)n1. The molecule has 0 saturated carbocycles. The highest BCUT2D eigenvalue weighted by Gasteiger charge is 2.33. The molecule has 0 N–H and O–H groups in total. The first kappa shape index (κ1) is 23.6. The molecule has 1 saturated heterocycles. The molecule has 5 rings (SSSR count). The lowest BCUT2D eigenvalue weighted by atomic mass is 10.3. The third-order valence-electron chi connectivity index (χ3n) is 6.19. The zero-order chi connectivity index (χ0) is 24.9. The van der Waals surface area contributed by atoms with Crippen LogP contribution < -0.4 is 0 Å². The summed E-state index contributed by atoms with van der Waals surface area (Å²) in [5, 5.41) is 13.1.